The normalized spacial score (nSPS) is 15.2. The smallest absolute Gasteiger partial charge is 0.347 e. The summed E-state index contributed by atoms with van der Waals surface area (Å²) in [6.07, 6.45) is 1.81. The molecule has 0 saturated heterocycles. The van der Waals surface area contributed by atoms with Crippen LogP contribution in [-0.4, -0.2) is 36.1 Å². The van der Waals surface area contributed by atoms with Crippen LogP contribution in [-0.2, 0) is 12.8 Å². The third-order valence-corrected chi connectivity index (χ3v) is 3.27. The maximum atomic E-state index is 11.6. The van der Waals surface area contributed by atoms with Crippen molar-refractivity contribution in [2.45, 2.75) is 26.7 Å². The van der Waals surface area contributed by atoms with Gasteiger partial charge in [-0.25, -0.2) is 4.79 Å². The van der Waals surface area contributed by atoms with Crippen molar-refractivity contribution in [3.63, 3.8) is 0 Å². The minimum Gasteiger partial charge on any atom is -0.357 e. The van der Waals surface area contributed by atoms with E-state index in [0.717, 1.165) is 50.5 Å². The molecule has 2 N–H and O–H groups in total. The summed E-state index contributed by atoms with van der Waals surface area (Å²) in [4.78, 5) is 20.8. The maximum absolute atomic E-state index is 11.6. The van der Waals surface area contributed by atoms with Crippen LogP contribution in [0.2, 0.25) is 0 Å². The van der Waals surface area contributed by atoms with Gasteiger partial charge in [0.15, 0.2) is 0 Å². The summed E-state index contributed by atoms with van der Waals surface area (Å²) in [7, 11) is 0. The monoisotopic (exact) mass is 236 g/mol. The van der Waals surface area contributed by atoms with Gasteiger partial charge in [-0.1, -0.05) is 0 Å². The molecule has 0 atom stereocenters. The molecule has 0 fully saturated rings. The summed E-state index contributed by atoms with van der Waals surface area (Å²) in [5.74, 6) is 0.873. The van der Waals surface area contributed by atoms with E-state index in [1.54, 1.807) is 0 Å². The fourth-order valence-corrected chi connectivity index (χ4v) is 2.34. The highest BCUT2D eigenvalue weighted by Gasteiger charge is 2.17. The van der Waals surface area contributed by atoms with Crippen molar-refractivity contribution in [1.29, 1.82) is 0 Å². The Kier molecular flexibility index (Phi) is 3.78. The first kappa shape index (κ1) is 12.1. The number of hydrogen-bond acceptors (Lipinski definition) is 4. The van der Waals surface area contributed by atoms with Gasteiger partial charge in [0.2, 0.25) is 0 Å². The first-order valence-electron chi connectivity index (χ1n) is 6.34. The number of fused-ring (bicyclic) bond motifs is 1. The second-order valence-corrected chi connectivity index (χ2v) is 4.24. The number of aromatic amines is 1. The molecule has 17 heavy (non-hydrogen) atoms. The summed E-state index contributed by atoms with van der Waals surface area (Å²) in [5.41, 5.74) is 2.03. The predicted octanol–water partition coefficient (Wildman–Crippen LogP) is 0.304. The molecule has 2 heterocycles. The van der Waals surface area contributed by atoms with Crippen molar-refractivity contribution in [3.05, 3.63) is 21.7 Å². The van der Waals surface area contributed by atoms with Crippen molar-refractivity contribution in [1.82, 2.24) is 15.3 Å². The minimum atomic E-state index is -0.229. The summed E-state index contributed by atoms with van der Waals surface area (Å²) >= 11 is 0. The van der Waals surface area contributed by atoms with Crippen LogP contribution >= 0.6 is 0 Å². The summed E-state index contributed by atoms with van der Waals surface area (Å²) in [6, 6.07) is 0. The fourth-order valence-electron chi connectivity index (χ4n) is 2.34. The quantitative estimate of drug-likeness (QED) is 0.792. The van der Waals surface area contributed by atoms with Crippen LogP contribution in [0.5, 0.6) is 0 Å². The molecular weight excluding hydrogens is 216 g/mol. The summed E-state index contributed by atoms with van der Waals surface area (Å²) in [6.45, 7) is 7.82. The van der Waals surface area contributed by atoms with E-state index in [2.05, 4.69) is 34.0 Å². The molecule has 1 aromatic rings. The molecule has 5 heteroatoms. The third kappa shape index (κ3) is 2.49. The van der Waals surface area contributed by atoms with Gasteiger partial charge in [-0.05, 0) is 26.8 Å². The van der Waals surface area contributed by atoms with E-state index < -0.39 is 0 Å². The van der Waals surface area contributed by atoms with Gasteiger partial charge < -0.3 is 15.2 Å². The Labute approximate surface area is 101 Å². The molecule has 1 aliphatic heterocycles. The van der Waals surface area contributed by atoms with Crippen molar-refractivity contribution in [2.75, 3.05) is 31.1 Å². The molecule has 0 unspecified atom stereocenters. The Balaban J connectivity index is 2.50. The lowest BCUT2D eigenvalue weighted by Gasteiger charge is -2.23. The van der Waals surface area contributed by atoms with Crippen LogP contribution in [0.3, 0.4) is 0 Å². The standard InChI is InChI=1S/C12H20N4O/c1-3-16(4-2)11-9-5-7-13-8-6-10(9)14-12(17)15-11/h13H,3-8H2,1-2H3,(H,14,15,17). The molecule has 1 aromatic heterocycles. The number of nitrogens with zero attached hydrogens (tertiary/aromatic N) is 2. The van der Waals surface area contributed by atoms with Gasteiger partial charge in [-0.15, -0.1) is 0 Å². The Morgan fingerprint density at radius 1 is 1.24 bits per heavy atom. The average molecular weight is 236 g/mol. The molecule has 0 radical (unpaired) electrons. The Morgan fingerprint density at radius 2 is 1.94 bits per heavy atom. The SMILES string of the molecule is CCN(CC)c1nc(=O)[nH]c2c1CCNCC2. The number of anilines is 1. The van der Waals surface area contributed by atoms with E-state index in [1.165, 1.54) is 5.56 Å². The van der Waals surface area contributed by atoms with Crippen LogP contribution in [0.1, 0.15) is 25.1 Å². The lowest BCUT2D eigenvalue weighted by molar-refractivity contribution is 0.707. The van der Waals surface area contributed by atoms with E-state index >= 15 is 0 Å². The molecule has 0 aromatic carbocycles. The zero-order valence-corrected chi connectivity index (χ0v) is 10.5. The number of nitrogens with one attached hydrogen (secondary N) is 2. The highest BCUT2D eigenvalue weighted by atomic mass is 16.1. The molecule has 0 spiro atoms. The molecule has 94 valence electrons. The fraction of sp³-hybridized carbons (Fsp3) is 0.667. The molecule has 1 aliphatic rings. The summed E-state index contributed by atoms with van der Waals surface area (Å²) < 4.78 is 0. The van der Waals surface area contributed by atoms with Gasteiger partial charge in [0.1, 0.15) is 5.82 Å². The minimum absolute atomic E-state index is 0.229. The van der Waals surface area contributed by atoms with Gasteiger partial charge in [0.25, 0.3) is 0 Å². The van der Waals surface area contributed by atoms with Crippen LogP contribution in [0.25, 0.3) is 0 Å². The van der Waals surface area contributed by atoms with Gasteiger partial charge in [-0.2, -0.15) is 4.98 Å². The van der Waals surface area contributed by atoms with E-state index in [9.17, 15) is 4.79 Å². The molecule has 2 rings (SSSR count). The Morgan fingerprint density at radius 3 is 2.65 bits per heavy atom. The number of hydrogen-bond donors (Lipinski definition) is 2. The first-order chi connectivity index (χ1) is 8.26. The van der Waals surface area contributed by atoms with Crippen molar-refractivity contribution < 1.29 is 0 Å². The van der Waals surface area contributed by atoms with Gasteiger partial charge in [-0.3, -0.25) is 0 Å². The molecule has 0 aliphatic carbocycles. The zero-order chi connectivity index (χ0) is 12.3. The zero-order valence-electron chi connectivity index (χ0n) is 10.5. The van der Waals surface area contributed by atoms with Crippen molar-refractivity contribution in [3.8, 4) is 0 Å². The van der Waals surface area contributed by atoms with Gasteiger partial charge >= 0.3 is 5.69 Å². The lowest BCUT2D eigenvalue weighted by atomic mass is 10.1. The highest BCUT2D eigenvalue weighted by Crippen LogP contribution is 2.20. The molecule has 0 amide bonds. The van der Waals surface area contributed by atoms with E-state index in [1.807, 2.05) is 0 Å². The van der Waals surface area contributed by atoms with Crippen LogP contribution in [0.15, 0.2) is 4.79 Å². The number of aromatic nitrogens is 2. The van der Waals surface area contributed by atoms with Crippen LogP contribution < -0.4 is 15.9 Å². The number of rotatable bonds is 3. The van der Waals surface area contributed by atoms with E-state index in [-0.39, 0.29) is 5.69 Å². The van der Waals surface area contributed by atoms with Gasteiger partial charge in [0, 0.05) is 37.3 Å². The van der Waals surface area contributed by atoms with Crippen LogP contribution in [0, 0.1) is 0 Å². The highest BCUT2D eigenvalue weighted by molar-refractivity contribution is 5.49. The second-order valence-electron chi connectivity index (χ2n) is 4.24. The molecular formula is C12H20N4O. The third-order valence-electron chi connectivity index (χ3n) is 3.27. The van der Waals surface area contributed by atoms with E-state index in [4.69, 9.17) is 0 Å². The maximum Gasteiger partial charge on any atom is 0.347 e. The molecule has 5 nitrogen and oxygen atoms in total. The van der Waals surface area contributed by atoms with E-state index in [0.29, 0.717) is 0 Å². The van der Waals surface area contributed by atoms with Crippen LogP contribution in [0.4, 0.5) is 5.82 Å². The number of H-pyrrole nitrogens is 1. The first-order valence-corrected chi connectivity index (χ1v) is 6.34. The topological polar surface area (TPSA) is 61.0 Å². The van der Waals surface area contributed by atoms with Gasteiger partial charge in [0.05, 0.1) is 0 Å². The Hall–Kier alpha value is -1.36. The predicted molar refractivity (Wildman–Crippen MR) is 68.7 cm³/mol. The molecule has 0 bridgehead atoms. The largest absolute Gasteiger partial charge is 0.357 e. The lowest BCUT2D eigenvalue weighted by Crippen LogP contribution is -2.29. The van der Waals surface area contributed by atoms with Crippen molar-refractivity contribution >= 4 is 5.82 Å². The average Bonchev–Trinajstić information content (AvgIpc) is 2.55. The Bertz CT molecular complexity index is 437. The summed E-state index contributed by atoms with van der Waals surface area (Å²) in [5, 5.41) is 3.35. The van der Waals surface area contributed by atoms with Crippen molar-refractivity contribution in [2.24, 2.45) is 0 Å². The molecule has 0 saturated carbocycles. The second kappa shape index (κ2) is 5.31.